The molecule has 5 heteroatoms. The Morgan fingerprint density at radius 1 is 1.53 bits per heavy atom. The Hall–Kier alpha value is -0.610. The van der Waals surface area contributed by atoms with Gasteiger partial charge in [-0.05, 0) is 32.0 Å². The van der Waals surface area contributed by atoms with Crippen LogP contribution in [0, 0.1) is 5.82 Å². The molecule has 1 amide bonds. The van der Waals surface area contributed by atoms with Gasteiger partial charge in [-0.25, -0.2) is 4.39 Å². The third kappa shape index (κ3) is 3.68. The predicted octanol–water partition coefficient (Wildman–Crippen LogP) is 3.77. The summed E-state index contributed by atoms with van der Waals surface area (Å²) in [6.45, 7) is 5.62. The predicted molar refractivity (Wildman–Crippen MR) is 71.3 cm³/mol. The van der Waals surface area contributed by atoms with Gasteiger partial charge >= 0.3 is 0 Å². The van der Waals surface area contributed by atoms with Crippen molar-refractivity contribution >= 4 is 33.4 Å². The minimum Gasteiger partial charge on any atom is -0.346 e. The number of carbonyl (C=O) groups excluding carboxylic acids is 1. The highest BCUT2D eigenvalue weighted by atomic mass is 79.9. The lowest BCUT2D eigenvalue weighted by Crippen LogP contribution is -2.49. The number of hydrogen-bond donors (Lipinski definition) is 1. The summed E-state index contributed by atoms with van der Waals surface area (Å²) in [5.74, 6) is -1.05. The van der Waals surface area contributed by atoms with E-state index in [2.05, 4.69) is 21.2 Å². The van der Waals surface area contributed by atoms with Crippen LogP contribution < -0.4 is 5.32 Å². The van der Waals surface area contributed by atoms with E-state index >= 15 is 0 Å². The summed E-state index contributed by atoms with van der Waals surface area (Å²) in [6.07, 6.45) is 0. The van der Waals surface area contributed by atoms with Crippen molar-refractivity contribution in [3.05, 3.63) is 34.6 Å². The van der Waals surface area contributed by atoms with Gasteiger partial charge in [-0.2, -0.15) is 0 Å². The lowest BCUT2D eigenvalue weighted by molar-refractivity contribution is 0.0909. The fraction of sp³-hybridized carbons (Fsp3) is 0.417. The molecule has 0 fully saturated rings. The minimum atomic E-state index is -0.579. The van der Waals surface area contributed by atoms with Crippen LogP contribution in [0.2, 0.25) is 5.02 Å². The van der Waals surface area contributed by atoms with Gasteiger partial charge in [0, 0.05) is 15.4 Å². The number of nitrogens with one attached hydrogen (secondary N) is 1. The van der Waals surface area contributed by atoms with E-state index in [0.29, 0.717) is 5.02 Å². The van der Waals surface area contributed by atoms with Crippen LogP contribution in [0.4, 0.5) is 4.39 Å². The van der Waals surface area contributed by atoms with Crippen molar-refractivity contribution in [3.8, 4) is 0 Å². The molecule has 2 nitrogen and oxygen atoms in total. The van der Waals surface area contributed by atoms with Crippen LogP contribution >= 0.6 is 27.5 Å². The number of benzene rings is 1. The molecule has 0 aliphatic heterocycles. The van der Waals surface area contributed by atoms with E-state index in [1.165, 1.54) is 18.2 Å². The van der Waals surface area contributed by atoms with Crippen molar-refractivity contribution < 1.29 is 9.18 Å². The second-order valence-electron chi connectivity index (χ2n) is 4.42. The lowest BCUT2D eigenvalue weighted by Gasteiger charge is -2.29. The molecule has 0 saturated carbocycles. The van der Waals surface area contributed by atoms with Crippen LogP contribution in [-0.4, -0.2) is 16.3 Å². The van der Waals surface area contributed by atoms with E-state index < -0.39 is 17.3 Å². The fourth-order valence-electron chi connectivity index (χ4n) is 1.13. The zero-order valence-corrected chi connectivity index (χ0v) is 12.2. The van der Waals surface area contributed by atoms with E-state index in [-0.39, 0.29) is 10.4 Å². The molecule has 0 spiro atoms. The van der Waals surface area contributed by atoms with Gasteiger partial charge in [-0.1, -0.05) is 34.5 Å². The molecule has 0 aliphatic rings. The molecule has 1 atom stereocenters. The molecule has 0 aromatic heterocycles. The molecule has 0 heterocycles. The molecule has 0 aliphatic carbocycles. The van der Waals surface area contributed by atoms with E-state index in [4.69, 9.17) is 11.6 Å². The summed E-state index contributed by atoms with van der Waals surface area (Å²) in [4.78, 5) is 12.0. The summed E-state index contributed by atoms with van der Waals surface area (Å²) >= 11 is 9.13. The molecule has 1 unspecified atom stereocenters. The summed E-state index contributed by atoms with van der Waals surface area (Å²) in [7, 11) is 0. The van der Waals surface area contributed by atoms with Crippen molar-refractivity contribution in [2.24, 2.45) is 0 Å². The average molecular weight is 323 g/mol. The van der Waals surface area contributed by atoms with Crippen molar-refractivity contribution in [2.45, 2.75) is 31.1 Å². The van der Waals surface area contributed by atoms with Crippen LogP contribution in [0.1, 0.15) is 31.1 Å². The van der Waals surface area contributed by atoms with E-state index in [0.717, 1.165) is 0 Å². The molecule has 0 bridgehead atoms. The summed E-state index contributed by atoms with van der Waals surface area (Å²) in [6, 6.07) is 3.91. The number of hydrogen-bond acceptors (Lipinski definition) is 1. The van der Waals surface area contributed by atoms with Crippen molar-refractivity contribution in [3.63, 3.8) is 0 Å². The molecular weight excluding hydrogens is 308 g/mol. The molecule has 0 saturated heterocycles. The van der Waals surface area contributed by atoms with Gasteiger partial charge in [0.05, 0.1) is 5.56 Å². The number of rotatable bonds is 3. The van der Waals surface area contributed by atoms with Crippen LogP contribution in [-0.2, 0) is 0 Å². The van der Waals surface area contributed by atoms with Crippen LogP contribution in [0.15, 0.2) is 18.2 Å². The largest absolute Gasteiger partial charge is 0.346 e. The highest BCUT2D eigenvalue weighted by Crippen LogP contribution is 2.19. The average Bonchev–Trinajstić information content (AvgIpc) is 2.20. The van der Waals surface area contributed by atoms with Crippen LogP contribution in [0.3, 0.4) is 0 Å². The quantitative estimate of drug-likeness (QED) is 0.843. The first-order valence-corrected chi connectivity index (χ1v) is 6.45. The number of halogens is 3. The summed E-state index contributed by atoms with van der Waals surface area (Å²) in [5.41, 5.74) is -0.523. The zero-order chi connectivity index (χ0) is 13.2. The molecule has 94 valence electrons. The monoisotopic (exact) mass is 321 g/mol. The third-order valence-corrected chi connectivity index (χ3v) is 3.98. The van der Waals surface area contributed by atoms with Gasteiger partial charge in [-0.15, -0.1) is 0 Å². The van der Waals surface area contributed by atoms with Gasteiger partial charge in [-0.3, -0.25) is 4.79 Å². The fourth-order valence-corrected chi connectivity index (χ4v) is 1.42. The van der Waals surface area contributed by atoms with Gasteiger partial charge in [0.2, 0.25) is 0 Å². The SMILES string of the molecule is CC(Br)C(C)(C)NC(=O)c1cc(Cl)ccc1F. The van der Waals surface area contributed by atoms with Crippen molar-refractivity contribution in [2.75, 3.05) is 0 Å². The van der Waals surface area contributed by atoms with Crippen molar-refractivity contribution in [1.82, 2.24) is 5.32 Å². The Bertz CT molecular complexity index is 435. The number of amides is 1. The Labute approximate surface area is 114 Å². The Morgan fingerprint density at radius 2 is 2.12 bits per heavy atom. The molecule has 1 N–H and O–H groups in total. The Morgan fingerprint density at radius 3 is 2.65 bits per heavy atom. The second-order valence-corrected chi connectivity index (χ2v) is 6.23. The maximum Gasteiger partial charge on any atom is 0.254 e. The lowest BCUT2D eigenvalue weighted by atomic mass is 10.0. The summed E-state index contributed by atoms with van der Waals surface area (Å²) < 4.78 is 13.5. The first kappa shape index (κ1) is 14.5. The highest BCUT2D eigenvalue weighted by molar-refractivity contribution is 9.09. The molecule has 1 aromatic carbocycles. The van der Waals surface area contributed by atoms with E-state index in [1.807, 2.05) is 20.8 Å². The van der Waals surface area contributed by atoms with E-state index in [1.54, 1.807) is 0 Å². The maximum atomic E-state index is 13.5. The molecule has 1 aromatic rings. The first-order chi connectivity index (χ1) is 7.74. The minimum absolute atomic E-state index is 0.0428. The normalized spacial score (nSPS) is 13.3. The summed E-state index contributed by atoms with van der Waals surface area (Å²) in [5, 5.41) is 3.09. The van der Waals surface area contributed by atoms with Gasteiger partial charge in [0.25, 0.3) is 5.91 Å². The molecule has 1 rings (SSSR count). The van der Waals surface area contributed by atoms with Crippen LogP contribution in [0.25, 0.3) is 0 Å². The topological polar surface area (TPSA) is 29.1 Å². The van der Waals surface area contributed by atoms with Gasteiger partial charge < -0.3 is 5.32 Å². The highest BCUT2D eigenvalue weighted by Gasteiger charge is 2.27. The first-order valence-electron chi connectivity index (χ1n) is 5.15. The van der Waals surface area contributed by atoms with Crippen LogP contribution in [0.5, 0.6) is 0 Å². The van der Waals surface area contributed by atoms with Crippen molar-refractivity contribution in [1.29, 1.82) is 0 Å². The zero-order valence-electron chi connectivity index (χ0n) is 9.85. The number of carbonyl (C=O) groups is 1. The standard InChI is InChI=1S/C12H14BrClFNO/c1-7(13)12(2,3)16-11(17)9-6-8(14)4-5-10(9)15/h4-7H,1-3H3,(H,16,17). The van der Waals surface area contributed by atoms with Gasteiger partial charge in [0.1, 0.15) is 5.82 Å². The van der Waals surface area contributed by atoms with Gasteiger partial charge in [0.15, 0.2) is 0 Å². The Balaban J connectivity index is 2.94. The Kier molecular flexibility index (Phi) is 4.55. The smallest absolute Gasteiger partial charge is 0.254 e. The number of alkyl halides is 1. The van der Waals surface area contributed by atoms with E-state index in [9.17, 15) is 9.18 Å². The molecular formula is C12H14BrClFNO. The maximum absolute atomic E-state index is 13.5. The molecule has 0 radical (unpaired) electrons. The molecule has 17 heavy (non-hydrogen) atoms. The second kappa shape index (κ2) is 5.36. The third-order valence-electron chi connectivity index (χ3n) is 2.60.